The van der Waals surface area contributed by atoms with Gasteiger partial charge in [-0.3, -0.25) is 9.59 Å². The molecule has 9 heteroatoms. The summed E-state index contributed by atoms with van der Waals surface area (Å²) in [7, 11) is 1.90. The molecule has 0 spiro atoms. The molecule has 1 unspecified atom stereocenters. The Balaban J connectivity index is 1.38. The van der Waals surface area contributed by atoms with Gasteiger partial charge in [-0.2, -0.15) is 5.26 Å². The summed E-state index contributed by atoms with van der Waals surface area (Å²) in [5, 5.41) is 11.7. The van der Waals surface area contributed by atoms with Gasteiger partial charge in [0.2, 0.25) is 5.91 Å². The number of amides is 2. The van der Waals surface area contributed by atoms with Crippen LogP contribution in [0.5, 0.6) is 5.75 Å². The van der Waals surface area contributed by atoms with E-state index in [1.165, 1.54) is 11.8 Å². The number of hydrogen-bond acceptors (Lipinski definition) is 6. The topological polar surface area (TPSA) is 100 Å². The number of benzene rings is 2. The van der Waals surface area contributed by atoms with E-state index in [4.69, 9.17) is 10.00 Å². The fourth-order valence-electron chi connectivity index (χ4n) is 3.26. The standard InChI is InChI=1S/C23H21N5O3S/c1-27-11-10-25-21(27)13-31-19-8-4-17(5-9-19)23(30)28-15-32-14-20(28)22(29)26-18-6-2-16(12-24)3-7-18/h2-11,20H,13-15H2,1H3,(H,26,29). The Labute approximate surface area is 189 Å². The molecule has 1 atom stereocenters. The number of aromatic nitrogens is 2. The number of nitrogens with one attached hydrogen (secondary N) is 1. The van der Waals surface area contributed by atoms with Crippen LogP contribution in [0.3, 0.4) is 0 Å². The van der Waals surface area contributed by atoms with E-state index in [1.54, 1.807) is 59.6 Å². The van der Waals surface area contributed by atoms with Gasteiger partial charge in [0.25, 0.3) is 5.91 Å². The zero-order valence-corrected chi connectivity index (χ0v) is 18.2. The van der Waals surface area contributed by atoms with Crippen molar-refractivity contribution < 1.29 is 14.3 Å². The normalized spacial score (nSPS) is 15.2. The van der Waals surface area contributed by atoms with Gasteiger partial charge in [-0.15, -0.1) is 11.8 Å². The average molecular weight is 448 g/mol. The molecular formula is C23H21N5O3S. The van der Waals surface area contributed by atoms with Crippen LogP contribution < -0.4 is 10.1 Å². The Bertz CT molecular complexity index is 1150. The van der Waals surface area contributed by atoms with E-state index in [0.717, 1.165) is 5.82 Å². The summed E-state index contributed by atoms with van der Waals surface area (Å²) in [5.74, 6) is 1.96. The lowest BCUT2D eigenvalue weighted by atomic mass is 10.1. The largest absolute Gasteiger partial charge is 0.486 e. The van der Waals surface area contributed by atoms with E-state index in [-0.39, 0.29) is 11.8 Å². The van der Waals surface area contributed by atoms with E-state index in [0.29, 0.717) is 40.8 Å². The number of nitriles is 1. The summed E-state index contributed by atoms with van der Waals surface area (Å²) < 4.78 is 7.62. The van der Waals surface area contributed by atoms with Gasteiger partial charge in [-0.1, -0.05) is 0 Å². The van der Waals surface area contributed by atoms with Crippen LogP contribution in [0.15, 0.2) is 60.9 Å². The zero-order valence-electron chi connectivity index (χ0n) is 17.4. The van der Waals surface area contributed by atoms with Crippen molar-refractivity contribution in [1.29, 1.82) is 5.26 Å². The number of anilines is 1. The molecule has 1 N–H and O–H groups in total. The van der Waals surface area contributed by atoms with Crippen molar-refractivity contribution in [2.75, 3.05) is 16.9 Å². The fourth-order valence-corrected chi connectivity index (χ4v) is 4.41. The van der Waals surface area contributed by atoms with Crippen molar-refractivity contribution in [2.45, 2.75) is 12.6 Å². The molecule has 0 aliphatic carbocycles. The summed E-state index contributed by atoms with van der Waals surface area (Å²) in [6.07, 6.45) is 3.56. The van der Waals surface area contributed by atoms with Gasteiger partial charge in [0.15, 0.2) is 0 Å². The highest BCUT2D eigenvalue weighted by Crippen LogP contribution is 2.25. The van der Waals surface area contributed by atoms with Gasteiger partial charge in [0.1, 0.15) is 24.2 Å². The molecule has 8 nitrogen and oxygen atoms in total. The molecule has 1 aliphatic rings. The monoisotopic (exact) mass is 447 g/mol. The van der Waals surface area contributed by atoms with Crippen LogP contribution in [-0.4, -0.2) is 43.9 Å². The summed E-state index contributed by atoms with van der Waals surface area (Å²) >= 11 is 1.54. The van der Waals surface area contributed by atoms with Crippen molar-refractivity contribution in [2.24, 2.45) is 7.05 Å². The number of thioether (sulfide) groups is 1. The third-order valence-corrected chi connectivity index (χ3v) is 6.13. The average Bonchev–Trinajstić information content (AvgIpc) is 3.47. The van der Waals surface area contributed by atoms with Crippen molar-refractivity contribution >= 4 is 29.3 Å². The molecule has 1 aromatic heterocycles. The summed E-state index contributed by atoms with van der Waals surface area (Å²) in [5.41, 5.74) is 1.60. The van der Waals surface area contributed by atoms with Crippen LogP contribution in [0.4, 0.5) is 5.69 Å². The minimum absolute atomic E-state index is 0.203. The Morgan fingerprint density at radius 3 is 2.62 bits per heavy atom. The van der Waals surface area contributed by atoms with E-state index < -0.39 is 6.04 Å². The minimum atomic E-state index is -0.567. The third-order valence-electron chi connectivity index (χ3n) is 5.12. The number of carbonyl (C=O) groups is 2. The lowest BCUT2D eigenvalue weighted by Crippen LogP contribution is -2.44. The second-order valence-electron chi connectivity index (χ2n) is 7.24. The molecule has 0 bridgehead atoms. The molecule has 32 heavy (non-hydrogen) atoms. The van der Waals surface area contributed by atoms with Gasteiger partial charge in [0.05, 0.1) is 17.5 Å². The Hall–Kier alpha value is -3.77. The highest BCUT2D eigenvalue weighted by Gasteiger charge is 2.35. The minimum Gasteiger partial charge on any atom is -0.486 e. The first-order valence-electron chi connectivity index (χ1n) is 9.94. The van der Waals surface area contributed by atoms with Crippen LogP contribution in [0.25, 0.3) is 0 Å². The van der Waals surface area contributed by atoms with Crippen molar-refractivity contribution in [1.82, 2.24) is 14.5 Å². The van der Waals surface area contributed by atoms with Gasteiger partial charge < -0.3 is 19.5 Å². The Kier molecular flexibility index (Phi) is 6.42. The van der Waals surface area contributed by atoms with Crippen LogP contribution in [0.2, 0.25) is 0 Å². The second-order valence-corrected chi connectivity index (χ2v) is 8.24. The van der Waals surface area contributed by atoms with E-state index in [1.807, 2.05) is 23.9 Å². The van der Waals surface area contributed by atoms with Crippen molar-refractivity contribution in [3.63, 3.8) is 0 Å². The highest BCUT2D eigenvalue weighted by molar-refractivity contribution is 7.99. The van der Waals surface area contributed by atoms with Crippen molar-refractivity contribution in [3.05, 3.63) is 77.9 Å². The molecule has 0 radical (unpaired) electrons. The van der Waals surface area contributed by atoms with Crippen LogP contribution in [0.1, 0.15) is 21.7 Å². The molecule has 2 aromatic carbocycles. The molecule has 0 saturated carbocycles. The Morgan fingerprint density at radius 1 is 1.22 bits per heavy atom. The lowest BCUT2D eigenvalue weighted by molar-refractivity contribution is -0.119. The van der Waals surface area contributed by atoms with Crippen LogP contribution >= 0.6 is 11.8 Å². The maximum Gasteiger partial charge on any atom is 0.255 e. The Morgan fingerprint density at radius 2 is 1.97 bits per heavy atom. The molecular weight excluding hydrogens is 426 g/mol. The molecule has 162 valence electrons. The molecule has 1 fully saturated rings. The maximum atomic E-state index is 13.0. The predicted molar refractivity (Wildman–Crippen MR) is 121 cm³/mol. The summed E-state index contributed by atoms with van der Waals surface area (Å²) in [6.45, 7) is 0.331. The van der Waals surface area contributed by atoms with Gasteiger partial charge >= 0.3 is 0 Å². The number of aryl methyl sites for hydroxylation is 1. The number of carbonyl (C=O) groups excluding carboxylic acids is 2. The number of imidazole rings is 1. The van der Waals surface area contributed by atoms with Crippen molar-refractivity contribution in [3.8, 4) is 11.8 Å². The van der Waals surface area contributed by atoms with Crippen LogP contribution in [0, 0.1) is 11.3 Å². The maximum absolute atomic E-state index is 13.0. The second kappa shape index (κ2) is 9.58. The number of ether oxygens (including phenoxy) is 1. The number of rotatable bonds is 6. The first-order valence-corrected chi connectivity index (χ1v) is 11.1. The quantitative estimate of drug-likeness (QED) is 0.624. The number of hydrogen-bond donors (Lipinski definition) is 1. The number of nitrogens with zero attached hydrogens (tertiary/aromatic N) is 4. The van der Waals surface area contributed by atoms with E-state index >= 15 is 0 Å². The fraction of sp³-hybridized carbons (Fsp3) is 0.217. The van der Waals surface area contributed by atoms with Crippen LogP contribution in [-0.2, 0) is 18.4 Å². The van der Waals surface area contributed by atoms with Gasteiger partial charge in [-0.25, -0.2) is 4.98 Å². The lowest BCUT2D eigenvalue weighted by Gasteiger charge is -2.23. The zero-order chi connectivity index (χ0) is 22.5. The molecule has 4 rings (SSSR count). The SMILES string of the molecule is Cn1ccnc1COc1ccc(C(=O)N2CSCC2C(=O)Nc2ccc(C#N)cc2)cc1. The van der Waals surface area contributed by atoms with E-state index in [2.05, 4.69) is 10.3 Å². The van der Waals surface area contributed by atoms with Gasteiger partial charge in [-0.05, 0) is 48.5 Å². The first kappa shape index (κ1) is 21.5. The predicted octanol–water partition coefficient (Wildman–Crippen LogP) is 3.02. The third kappa shape index (κ3) is 4.76. The first-order chi connectivity index (χ1) is 15.5. The summed E-state index contributed by atoms with van der Waals surface area (Å²) in [6, 6.07) is 15.0. The molecule has 2 heterocycles. The van der Waals surface area contributed by atoms with E-state index in [9.17, 15) is 9.59 Å². The molecule has 2 amide bonds. The molecule has 1 aliphatic heterocycles. The van der Waals surface area contributed by atoms with Gasteiger partial charge in [0, 0.05) is 36.4 Å². The highest BCUT2D eigenvalue weighted by atomic mass is 32.2. The molecule has 1 saturated heterocycles. The smallest absolute Gasteiger partial charge is 0.255 e. The summed E-state index contributed by atoms with van der Waals surface area (Å²) in [4.78, 5) is 31.6. The molecule has 3 aromatic rings.